The fraction of sp³-hybridized carbons (Fsp3) is 0.100. The van der Waals surface area contributed by atoms with Crippen LogP contribution in [0.3, 0.4) is 0 Å². The topological polar surface area (TPSA) is 94.0 Å². The Morgan fingerprint density at radius 3 is 2.94 bits per heavy atom. The van der Waals surface area contributed by atoms with Gasteiger partial charge in [-0.05, 0) is 11.6 Å². The minimum Gasteiger partial charge on any atom is -0.476 e. The Hall–Kier alpha value is -2.08. The van der Waals surface area contributed by atoms with Crippen LogP contribution in [0.25, 0.3) is 0 Å². The Morgan fingerprint density at radius 2 is 2.35 bits per heavy atom. The molecule has 0 saturated carbocycles. The van der Waals surface area contributed by atoms with Gasteiger partial charge in [0.15, 0.2) is 5.69 Å². The Morgan fingerprint density at radius 1 is 1.59 bits per heavy atom. The predicted octanol–water partition coefficient (Wildman–Crippen LogP) is 1.26. The molecule has 0 unspecified atom stereocenters. The molecule has 0 bridgehead atoms. The first kappa shape index (κ1) is 11.4. The number of nitrogens with two attached hydrogens (primary N) is 1. The molecule has 6 nitrogen and oxygen atoms in total. The molecule has 0 saturated heterocycles. The van der Waals surface area contributed by atoms with E-state index >= 15 is 0 Å². The van der Waals surface area contributed by atoms with E-state index in [1.54, 1.807) is 12.3 Å². The van der Waals surface area contributed by atoms with Crippen molar-refractivity contribution in [3.05, 3.63) is 40.9 Å². The van der Waals surface area contributed by atoms with Crippen LogP contribution in [0, 0.1) is 0 Å². The summed E-state index contributed by atoms with van der Waals surface area (Å²) in [6.45, 7) is 0.346. The molecular weight excluding hydrogens is 244 g/mol. The first-order chi connectivity index (χ1) is 8.08. The summed E-state index contributed by atoms with van der Waals surface area (Å²) in [6.07, 6.45) is 4.58. The predicted molar refractivity (Wildman–Crippen MR) is 61.9 cm³/mol. The Balaban J connectivity index is 2.28. The van der Waals surface area contributed by atoms with Crippen molar-refractivity contribution < 1.29 is 9.90 Å². The van der Waals surface area contributed by atoms with E-state index in [0.29, 0.717) is 11.6 Å². The average molecular weight is 253 g/mol. The molecule has 0 radical (unpaired) electrons. The quantitative estimate of drug-likeness (QED) is 0.858. The normalized spacial score (nSPS) is 10.4. The van der Waals surface area contributed by atoms with Gasteiger partial charge in [-0.15, -0.1) is 0 Å². The molecule has 0 atom stereocenters. The van der Waals surface area contributed by atoms with Crippen LogP contribution >= 0.6 is 11.6 Å². The number of rotatable bonds is 3. The third kappa shape index (κ3) is 2.36. The molecule has 0 aromatic carbocycles. The smallest absolute Gasteiger partial charge is 0.358 e. The number of anilines is 1. The van der Waals surface area contributed by atoms with E-state index in [1.807, 2.05) is 0 Å². The molecule has 2 aromatic heterocycles. The van der Waals surface area contributed by atoms with Crippen molar-refractivity contribution in [1.29, 1.82) is 0 Å². The number of nitrogen functional groups attached to an aromatic ring is 1. The lowest BCUT2D eigenvalue weighted by atomic mass is 10.3. The summed E-state index contributed by atoms with van der Waals surface area (Å²) in [6, 6.07) is 1.74. The van der Waals surface area contributed by atoms with Crippen molar-refractivity contribution in [2.24, 2.45) is 0 Å². The number of halogens is 1. The minimum absolute atomic E-state index is 0.127. The second-order valence-electron chi connectivity index (χ2n) is 3.40. The van der Waals surface area contributed by atoms with Crippen molar-refractivity contribution in [1.82, 2.24) is 14.8 Å². The van der Waals surface area contributed by atoms with Crippen LogP contribution in [0.5, 0.6) is 0 Å². The number of carbonyl (C=O) groups is 1. The van der Waals surface area contributed by atoms with Crippen LogP contribution in [-0.4, -0.2) is 25.8 Å². The molecule has 17 heavy (non-hydrogen) atoms. The number of aromatic nitrogens is 3. The Kier molecular flexibility index (Phi) is 2.97. The van der Waals surface area contributed by atoms with E-state index in [9.17, 15) is 4.79 Å². The van der Waals surface area contributed by atoms with Crippen LogP contribution in [0.1, 0.15) is 16.1 Å². The number of carboxylic acids is 1. The van der Waals surface area contributed by atoms with Gasteiger partial charge in [0.2, 0.25) is 0 Å². The van der Waals surface area contributed by atoms with Crippen molar-refractivity contribution in [3.8, 4) is 0 Å². The van der Waals surface area contributed by atoms with Gasteiger partial charge in [0.1, 0.15) is 0 Å². The molecule has 88 valence electrons. The van der Waals surface area contributed by atoms with Crippen LogP contribution in [0.2, 0.25) is 5.02 Å². The van der Waals surface area contributed by atoms with Crippen LogP contribution < -0.4 is 5.73 Å². The van der Waals surface area contributed by atoms with Gasteiger partial charge in [-0.3, -0.25) is 9.67 Å². The first-order valence-corrected chi connectivity index (χ1v) is 5.10. The number of hydrogen-bond donors (Lipinski definition) is 2. The lowest BCUT2D eigenvalue weighted by Crippen LogP contribution is -2.05. The van der Waals surface area contributed by atoms with Gasteiger partial charge in [0.05, 0.1) is 17.3 Å². The zero-order valence-electron chi connectivity index (χ0n) is 8.67. The van der Waals surface area contributed by atoms with E-state index in [4.69, 9.17) is 22.4 Å². The maximum atomic E-state index is 10.8. The zero-order chi connectivity index (χ0) is 12.4. The summed E-state index contributed by atoms with van der Waals surface area (Å²) in [5.74, 6) is -1.15. The van der Waals surface area contributed by atoms with Gasteiger partial charge in [-0.2, -0.15) is 5.10 Å². The summed E-state index contributed by atoms with van der Waals surface area (Å²) in [4.78, 5) is 14.6. The minimum atomic E-state index is -1.15. The first-order valence-electron chi connectivity index (χ1n) is 4.72. The van der Waals surface area contributed by atoms with Crippen molar-refractivity contribution in [2.45, 2.75) is 6.54 Å². The van der Waals surface area contributed by atoms with E-state index < -0.39 is 5.97 Å². The van der Waals surface area contributed by atoms with Crippen molar-refractivity contribution in [3.63, 3.8) is 0 Å². The number of carboxylic acid groups (broad SMARTS) is 1. The van der Waals surface area contributed by atoms with Crippen LogP contribution in [0.4, 0.5) is 5.69 Å². The Bertz CT molecular complexity index is 567. The second-order valence-corrected chi connectivity index (χ2v) is 3.81. The van der Waals surface area contributed by atoms with Gasteiger partial charge < -0.3 is 10.8 Å². The molecular formula is C10H9ClN4O2. The summed E-state index contributed by atoms with van der Waals surface area (Å²) in [5, 5.41) is 13.2. The number of pyridine rings is 1. The molecule has 2 rings (SSSR count). The van der Waals surface area contributed by atoms with Gasteiger partial charge in [-0.1, -0.05) is 11.6 Å². The number of hydrogen-bond acceptors (Lipinski definition) is 4. The molecule has 7 heteroatoms. The van der Waals surface area contributed by atoms with Crippen molar-refractivity contribution >= 4 is 23.3 Å². The van der Waals surface area contributed by atoms with Crippen LogP contribution in [0.15, 0.2) is 24.7 Å². The highest BCUT2D eigenvalue weighted by atomic mass is 35.5. The maximum Gasteiger partial charge on any atom is 0.358 e. The largest absolute Gasteiger partial charge is 0.476 e. The summed E-state index contributed by atoms with van der Waals surface area (Å²) >= 11 is 5.93. The fourth-order valence-electron chi connectivity index (χ4n) is 1.39. The number of aromatic carboxylic acids is 1. The molecule has 0 fully saturated rings. The average Bonchev–Trinajstić information content (AvgIpc) is 2.63. The standard InChI is InChI=1S/C10H9ClN4O2/c11-7-3-13-2-1-6(7)4-15-5-8(12)9(14-15)10(16)17/h1-3,5H,4,12H2,(H,16,17). The van der Waals surface area contributed by atoms with Crippen molar-refractivity contribution in [2.75, 3.05) is 5.73 Å². The molecule has 0 aliphatic carbocycles. The summed E-state index contributed by atoms with van der Waals surface area (Å²) < 4.78 is 1.43. The second kappa shape index (κ2) is 4.42. The van der Waals surface area contributed by atoms with Crippen LogP contribution in [-0.2, 0) is 6.54 Å². The van der Waals surface area contributed by atoms with E-state index in [-0.39, 0.29) is 11.4 Å². The molecule has 0 spiro atoms. The maximum absolute atomic E-state index is 10.8. The molecule has 2 heterocycles. The van der Waals surface area contributed by atoms with Gasteiger partial charge in [0.25, 0.3) is 0 Å². The van der Waals surface area contributed by atoms with E-state index in [2.05, 4.69) is 10.1 Å². The highest BCUT2D eigenvalue weighted by Crippen LogP contribution is 2.16. The van der Waals surface area contributed by atoms with Gasteiger partial charge in [0, 0.05) is 18.6 Å². The lowest BCUT2D eigenvalue weighted by molar-refractivity contribution is 0.0690. The Labute approximate surface area is 102 Å². The van der Waals surface area contributed by atoms with E-state index in [0.717, 1.165) is 5.56 Å². The zero-order valence-corrected chi connectivity index (χ0v) is 9.42. The highest BCUT2D eigenvalue weighted by Gasteiger charge is 2.13. The van der Waals surface area contributed by atoms with Gasteiger partial charge >= 0.3 is 5.97 Å². The molecule has 0 amide bonds. The molecule has 0 aliphatic rings. The summed E-state index contributed by atoms with van der Waals surface area (Å²) in [7, 11) is 0. The third-order valence-electron chi connectivity index (χ3n) is 2.18. The summed E-state index contributed by atoms with van der Waals surface area (Å²) in [5.41, 5.74) is 6.29. The van der Waals surface area contributed by atoms with E-state index in [1.165, 1.54) is 17.1 Å². The SMILES string of the molecule is Nc1cn(Cc2ccncc2Cl)nc1C(=O)O. The molecule has 2 aromatic rings. The lowest BCUT2D eigenvalue weighted by Gasteiger charge is -2.02. The number of nitrogens with zero attached hydrogens (tertiary/aromatic N) is 3. The monoisotopic (exact) mass is 252 g/mol. The fourth-order valence-corrected chi connectivity index (χ4v) is 1.57. The van der Waals surface area contributed by atoms with Gasteiger partial charge in [-0.25, -0.2) is 4.79 Å². The highest BCUT2D eigenvalue weighted by molar-refractivity contribution is 6.31. The molecule has 0 aliphatic heterocycles. The molecule has 3 N–H and O–H groups in total. The third-order valence-corrected chi connectivity index (χ3v) is 2.52.